The van der Waals surface area contributed by atoms with Crippen LogP contribution in [0, 0.1) is 5.92 Å². The Morgan fingerprint density at radius 3 is 2.59 bits per heavy atom. The lowest BCUT2D eigenvalue weighted by Crippen LogP contribution is -2.54. The Morgan fingerprint density at radius 2 is 1.90 bits per heavy atom. The van der Waals surface area contributed by atoms with Crippen molar-refractivity contribution in [2.45, 2.75) is 58.7 Å². The second kappa shape index (κ2) is 11.5. The van der Waals surface area contributed by atoms with E-state index in [-0.39, 0.29) is 23.6 Å². The Balaban J connectivity index is 2.06. The zero-order valence-corrected chi connectivity index (χ0v) is 17.6. The average molecular weight is 404 g/mol. The number of carbonyl (C=O) groups excluding carboxylic acids is 3. The number of nitrogens with one attached hydrogen (secondary N) is 3. The molecule has 1 aromatic rings. The van der Waals surface area contributed by atoms with Gasteiger partial charge in [0.15, 0.2) is 0 Å². The Kier molecular flexibility index (Phi) is 9.05. The largest absolute Gasteiger partial charge is 0.354 e. The fraction of sp³-hybridized carbons (Fsp3) is 0.619. The lowest BCUT2D eigenvalue weighted by molar-refractivity contribution is -0.132. The zero-order valence-electron chi connectivity index (χ0n) is 17.6. The van der Waals surface area contributed by atoms with E-state index >= 15 is 0 Å². The van der Waals surface area contributed by atoms with Gasteiger partial charge in [-0.1, -0.05) is 19.9 Å². The highest BCUT2D eigenvalue weighted by Crippen LogP contribution is 2.07. The molecule has 8 nitrogen and oxygen atoms in total. The van der Waals surface area contributed by atoms with E-state index in [0.717, 1.165) is 31.6 Å². The van der Waals surface area contributed by atoms with Crippen LogP contribution in [0.1, 0.15) is 45.6 Å². The quantitative estimate of drug-likeness (QED) is 0.694. The van der Waals surface area contributed by atoms with Crippen LogP contribution in [-0.4, -0.2) is 59.3 Å². The molecular weight excluding hydrogens is 370 g/mol. The first-order chi connectivity index (χ1) is 13.9. The van der Waals surface area contributed by atoms with Crippen LogP contribution < -0.4 is 16.0 Å². The van der Waals surface area contributed by atoms with Crippen molar-refractivity contribution in [3.8, 4) is 0 Å². The summed E-state index contributed by atoms with van der Waals surface area (Å²) < 4.78 is 0. The molecule has 2 heterocycles. The second-order valence-electron chi connectivity index (χ2n) is 7.91. The Hall–Kier alpha value is -2.48. The van der Waals surface area contributed by atoms with Crippen molar-refractivity contribution >= 4 is 17.7 Å². The molecule has 1 fully saturated rings. The highest BCUT2D eigenvalue weighted by Gasteiger charge is 2.26. The molecule has 0 spiro atoms. The van der Waals surface area contributed by atoms with Gasteiger partial charge in [0.2, 0.25) is 17.7 Å². The molecule has 0 aliphatic carbocycles. The molecule has 0 radical (unpaired) electrons. The van der Waals surface area contributed by atoms with Gasteiger partial charge in [0.05, 0.1) is 0 Å². The van der Waals surface area contributed by atoms with Gasteiger partial charge in [0.25, 0.3) is 0 Å². The minimum Gasteiger partial charge on any atom is -0.354 e. The number of aromatic nitrogens is 1. The second-order valence-corrected chi connectivity index (χ2v) is 7.91. The van der Waals surface area contributed by atoms with Gasteiger partial charge in [-0.25, -0.2) is 0 Å². The third-order valence-electron chi connectivity index (χ3n) is 4.98. The fourth-order valence-corrected chi connectivity index (χ4v) is 3.30. The first-order valence-corrected chi connectivity index (χ1v) is 10.4. The van der Waals surface area contributed by atoms with E-state index in [0.29, 0.717) is 19.4 Å². The van der Waals surface area contributed by atoms with Crippen molar-refractivity contribution in [3.63, 3.8) is 0 Å². The van der Waals surface area contributed by atoms with Gasteiger partial charge in [0.1, 0.15) is 12.1 Å². The molecular formula is C21H33N5O3. The number of carbonyl (C=O) groups is 3. The van der Waals surface area contributed by atoms with Crippen LogP contribution >= 0.6 is 0 Å². The lowest BCUT2D eigenvalue weighted by atomic mass is 10.0. The summed E-state index contributed by atoms with van der Waals surface area (Å²) in [7, 11) is 0. The smallest absolute Gasteiger partial charge is 0.242 e. The number of amides is 3. The van der Waals surface area contributed by atoms with Crippen molar-refractivity contribution in [3.05, 3.63) is 30.1 Å². The van der Waals surface area contributed by atoms with Gasteiger partial charge >= 0.3 is 0 Å². The third-order valence-corrected chi connectivity index (χ3v) is 4.98. The van der Waals surface area contributed by atoms with E-state index in [1.807, 2.05) is 32.2 Å². The van der Waals surface area contributed by atoms with Crippen molar-refractivity contribution < 1.29 is 14.4 Å². The van der Waals surface area contributed by atoms with E-state index in [1.54, 1.807) is 13.1 Å². The van der Waals surface area contributed by atoms with Crippen LogP contribution in [0.4, 0.5) is 0 Å². The molecule has 1 aliphatic rings. The van der Waals surface area contributed by atoms with Crippen LogP contribution in [-0.2, 0) is 20.9 Å². The fourth-order valence-electron chi connectivity index (χ4n) is 3.30. The minimum absolute atomic E-state index is 0.0559. The normalized spacial score (nSPS) is 23.5. The predicted octanol–water partition coefficient (Wildman–Crippen LogP) is 0.829. The van der Waals surface area contributed by atoms with E-state index in [4.69, 9.17) is 0 Å². The van der Waals surface area contributed by atoms with Crippen LogP contribution in [0.2, 0.25) is 0 Å². The number of nitrogens with zero attached hydrogens (tertiary/aromatic N) is 2. The van der Waals surface area contributed by atoms with Crippen LogP contribution in [0.3, 0.4) is 0 Å². The molecule has 0 saturated carbocycles. The van der Waals surface area contributed by atoms with Gasteiger partial charge in [-0.15, -0.1) is 0 Å². The molecule has 3 amide bonds. The van der Waals surface area contributed by atoms with Crippen LogP contribution in [0.15, 0.2) is 24.5 Å². The Labute approximate surface area is 172 Å². The Bertz CT molecular complexity index is 680. The molecule has 1 saturated heterocycles. The number of hydrogen-bond donors (Lipinski definition) is 3. The standard InChI is InChI=1S/C21H33N5O3/c1-15(2)19-21(29)23-10-6-12-26(14-17-7-4-9-22-13-17)11-5-8-18(27)24-16(3)20(28)25-19/h4,7,9,13,15-16,19H,5-6,8,10-12,14H2,1-3H3,(H,23,29)(H,24,27)(H,25,28)/t16-,19-/m1/s1. The minimum atomic E-state index is -0.687. The number of pyridine rings is 1. The molecule has 3 N–H and O–H groups in total. The third kappa shape index (κ3) is 7.81. The van der Waals surface area contributed by atoms with E-state index in [1.165, 1.54) is 0 Å². The molecule has 1 aromatic heterocycles. The van der Waals surface area contributed by atoms with E-state index in [2.05, 4.69) is 25.8 Å². The molecule has 2 rings (SSSR count). The van der Waals surface area contributed by atoms with Crippen molar-refractivity contribution in [1.29, 1.82) is 0 Å². The molecule has 8 heteroatoms. The summed E-state index contributed by atoms with van der Waals surface area (Å²) in [6.45, 7) is 8.24. The zero-order chi connectivity index (χ0) is 21.2. The molecule has 160 valence electrons. The SMILES string of the molecule is CC(C)[C@H]1NC(=O)[C@@H](C)NC(=O)CCCN(Cc2cccnc2)CCCNC1=O. The summed E-state index contributed by atoms with van der Waals surface area (Å²) in [5, 5.41) is 8.42. The highest BCUT2D eigenvalue weighted by molar-refractivity contribution is 5.91. The van der Waals surface area contributed by atoms with Crippen molar-refractivity contribution in [1.82, 2.24) is 25.8 Å². The first-order valence-electron chi connectivity index (χ1n) is 10.4. The summed E-state index contributed by atoms with van der Waals surface area (Å²) in [6.07, 6.45) is 5.42. The molecule has 1 aliphatic heterocycles. The summed E-state index contributed by atoms with van der Waals surface area (Å²) in [6, 6.07) is 2.63. The number of hydrogen-bond acceptors (Lipinski definition) is 5. The van der Waals surface area contributed by atoms with E-state index < -0.39 is 12.1 Å². The maximum Gasteiger partial charge on any atom is 0.242 e. The van der Waals surface area contributed by atoms with Gasteiger partial charge in [-0.2, -0.15) is 0 Å². The maximum absolute atomic E-state index is 12.5. The molecule has 0 unspecified atom stereocenters. The highest BCUT2D eigenvalue weighted by atomic mass is 16.2. The summed E-state index contributed by atoms with van der Waals surface area (Å²) >= 11 is 0. The molecule has 0 bridgehead atoms. The molecule has 0 aromatic carbocycles. The van der Waals surface area contributed by atoms with E-state index in [9.17, 15) is 14.4 Å². The average Bonchev–Trinajstić information content (AvgIpc) is 2.68. The topological polar surface area (TPSA) is 103 Å². The number of rotatable bonds is 3. The van der Waals surface area contributed by atoms with Crippen molar-refractivity contribution in [2.24, 2.45) is 5.92 Å². The molecule has 2 atom stereocenters. The van der Waals surface area contributed by atoms with Gasteiger partial charge in [-0.05, 0) is 43.9 Å². The summed E-state index contributed by atoms with van der Waals surface area (Å²) in [4.78, 5) is 43.6. The summed E-state index contributed by atoms with van der Waals surface area (Å²) in [5.41, 5.74) is 1.11. The van der Waals surface area contributed by atoms with Gasteiger partial charge in [-0.3, -0.25) is 24.3 Å². The first kappa shape index (κ1) is 22.8. The molecule has 29 heavy (non-hydrogen) atoms. The predicted molar refractivity (Wildman–Crippen MR) is 111 cm³/mol. The Morgan fingerprint density at radius 1 is 1.14 bits per heavy atom. The monoisotopic (exact) mass is 403 g/mol. The van der Waals surface area contributed by atoms with Crippen LogP contribution in [0.5, 0.6) is 0 Å². The van der Waals surface area contributed by atoms with Crippen LogP contribution in [0.25, 0.3) is 0 Å². The summed E-state index contributed by atoms with van der Waals surface area (Å²) in [5.74, 6) is -0.755. The van der Waals surface area contributed by atoms with Gasteiger partial charge in [0, 0.05) is 38.4 Å². The maximum atomic E-state index is 12.5. The lowest BCUT2D eigenvalue weighted by Gasteiger charge is -2.24. The van der Waals surface area contributed by atoms with Gasteiger partial charge < -0.3 is 16.0 Å². The van der Waals surface area contributed by atoms with Crippen molar-refractivity contribution in [2.75, 3.05) is 19.6 Å².